The summed E-state index contributed by atoms with van der Waals surface area (Å²) in [5.41, 5.74) is 6.46. The summed E-state index contributed by atoms with van der Waals surface area (Å²) in [4.78, 5) is 14.7. The van der Waals surface area contributed by atoms with E-state index in [0.29, 0.717) is 11.5 Å². The molecular weight excluding hydrogens is 222 g/mol. The van der Waals surface area contributed by atoms with Crippen LogP contribution in [0.4, 0.5) is 4.79 Å². The van der Waals surface area contributed by atoms with Crippen molar-refractivity contribution in [2.45, 2.75) is 6.04 Å². The van der Waals surface area contributed by atoms with E-state index in [1.807, 2.05) is 0 Å². The highest BCUT2D eigenvalue weighted by Gasteiger charge is 2.25. The molecule has 3 N–H and O–H groups in total. The highest BCUT2D eigenvalue weighted by Crippen LogP contribution is 2.30. The van der Waals surface area contributed by atoms with Crippen LogP contribution in [-0.4, -0.2) is 26.1 Å². The molecule has 17 heavy (non-hydrogen) atoms. The Balaban J connectivity index is 2.34. The van der Waals surface area contributed by atoms with Gasteiger partial charge in [-0.1, -0.05) is 6.07 Å². The normalized spacial score (nSPS) is 18.6. The van der Waals surface area contributed by atoms with Gasteiger partial charge in [-0.2, -0.15) is 4.99 Å². The van der Waals surface area contributed by atoms with Crippen LogP contribution in [0.25, 0.3) is 0 Å². The Kier molecular flexibility index (Phi) is 2.86. The van der Waals surface area contributed by atoms with Crippen LogP contribution in [-0.2, 0) is 0 Å². The van der Waals surface area contributed by atoms with Crippen LogP contribution in [0.5, 0.6) is 11.5 Å². The lowest BCUT2D eigenvalue weighted by Crippen LogP contribution is -2.27. The van der Waals surface area contributed by atoms with Crippen molar-refractivity contribution in [3.63, 3.8) is 0 Å². The zero-order valence-corrected chi connectivity index (χ0v) is 9.56. The minimum absolute atomic E-state index is 0.252. The highest BCUT2D eigenvalue weighted by atomic mass is 16.5. The molecule has 0 spiro atoms. The molecule has 90 valence electrons. The van der Waals surface area contributed by atoms with Crippen LogP contribution in [0, 0.1) is 0 Å². The van der Waals surface area contributed by atoms with Gasteiger partial charge in [0.1, 0.15) is 11.9 Å². The largest absolute Gasteiger partial charge is 0.493 e. The van der Waals surface area contributed by atoms with Crippen LogP contribution in [0.2, 0.25) is 0 Å². The van der Waals surface area contributed by atoms with E-state index >= 15 is 0 Å². The molecule has 0 saturated carbocycles. The fourth-order valence-electron chi connectivity index (χ4n) is 1.70. The number of nitrogens with one attached hydrogen (secondary N) is 1. The van der Waals surface area contributed by atoms with Crippen LogP contribution < -0.4 is 20.5 Å². The van der Waals surface area contributed by atoms with Crippen molar-refractivity contribution >= 4 is 11.9 Å². The van der Waals surface area contributed by atoms with Crippen molar-refractivity contribution in [2.75, 3.05) is 14.2 Å². The number of amidine groups is 1. The number of urea groups is 1. The molecule has 1 heterocycles. The molecule has 1 unspecified atom stereocenters. The van der Waals surface area contributed by atoms with Gasteiger partial charge in [0.25, 0.3) is 0 Å². The van der Waals surface area contributed by atoms with Gasteiger partial charge in [0.05, 0.1) is 14.2 Å². The molecule has 1 aliphatic heterocycles. The maximum atomic E-state index is 11.1. The summed E-state index contributed by atoms with van der Waals surface area (Å²) < 4.78 is 10.3. The highest BCUT2D eigenvalue weighted by molar-refractivity contribution is 6.03. The van der Waals surface area contributed by atoms with E-state index in [0.717, 1.165) is 5.56 Å². The van der Waals surface area contributed by atoms with Crippen LogP contribution in [0.1, 0.15) is 11.6 Å². The number of nitrogens with two attached hydrogens (primary N) is 1. The topological polar surface area (TPSA) is 85.9 Å². The SMILES string of the molecule is COc1ccc(C2NC(=O)N=C2N)cc1OC. The molecule has 0 saturated heterocycles. The lowest BCUT2D eigenvalue weighted by molar-refractivity contribution is 0.250. The van der Waals surface area contributed by atoms with Gasteiger partial charge in [0.2, 0.25) is 0 Å². The number of nitrogens with zero attached hydrogens (tertiary/aromatic N) is 1. The maximum absolute atomic E-state index is 11.1. The minimum Gasteiger partial charge on any atom is -0.493 e. The van der Waals surface area contributed by atoms with Gasteiger partial charge in [-0.15, -0.1) is 0 Å². The second kappa shape index (κ2) is 4.32. The maximum Gasteiger partial charge on any atom is 0.343 e. The predicted octanol–water partition coefficient (Wildman–Crippen LogP) is 0.825. The van der Waals surface area contributed by atoms with E-state index in [1.54, 1.807) is 32.4 Å². The van der Waals surface area contributed by atoms with Crippen molar-refractivity contribution in [2.24, 2.45) is 10.7 Å². The zero-order valence-electron chi connectivity index (χ0n) is 9.56. The second-order valence-electron chi connectivity index (χ2n) is 3.53. The Morgan fingerprint density at radius 1 is 1.29 bits per heavy atom. The number of benzene rings is 1. The van der Waals surface area contributed by atoms with Gasteiger partial charge in [0, 0.05) is 0 Å². The van der Waals surface area contributed by atoms with Crippen molar-refractivity contribution < 1.29 is 14.3 Å². The first-order chi connectivity index (χ1) is 8.15. The van der Waals surface area contributed by atoms with Gasteiger partial charge >= 0.3 is 6.03 Å². The lowest BCUT2D eigenvalue weighted by atomic mass is 10.1. The number of ether oxygens (including phenoxy) is 2. The Morgan fingerprint density at radius 3 is 2.53 bits per heavy atom. The molecule has 0 fully saturated rings. The summed E-state index contributed by atoms with van der Waals surface area (Å²) >= 11 is 0. The summed E-state index contributed by atoms with van der Waals surface area (Å²) in [7, 11) is 3.11. The van der Waals surface area contributed by atoms with Gasteiger partial charge in [-0.3, -0.25) is 0 Å². The first-order valence-corrected chi connectivity index (χ1v) is 5.02. The summed E-state index contributed by atoms with van der Waals surface area (Å²) in [5.74, 6) is 1.46. The van der Waals surface area contributed by atoms with Gasteiger partial charge in [-0.05, 0) is 17.7 Å². The van der Waals surface area contributed by atoms with Crippen molar-refractivity contribution in [3.8, 4) is 11.5 Å². The van der Waals surface area contributed by atoms with Gasteiger partial charge in [0.15, 0.2) is 11.5 Å². The molecule has 0 bridgehead atoms. The number of rotatable bonds is 3. The number of methoxy groups -OCH3 is 2. The minimum atomic E-state index is -0.428. The first-order valence-electron chi connectivity index (χ1n) is 5.02. The monoisotopic (exact) mass is 235 g/mol. The predicted molar refractivity (Wildman–Crippen MR) is 62.4 cm³/mol. The van der Waals surface area contributed by atoms with E-state index < -0.39 is 12.1 Å². The van der Waals surface area contributed by atoms with Crippen molar-refractivity contribution in [1.29, 1.82) is 0 Å². The Hall–Kier alpha value is -2.24. The average Bonchev–Trinajstić information content (AvgIpc) is 2.67. The molecule has 1 atom stereocenters. The van der Waals surface area contributed by atoms with E-state index in [9.17, 15) is 4.79 Å². The standard InChI is InChI=1S/C11H13N3O3/c1-16-7-4-3-6(5-8(7)17-2)9-10(12)14-11(15)13-9/h3-5,9H,1-2H3,(H3,12,13,14,15). The molecule has 2 amide bonds. The van der Waals surface area contributed by atoms with E-state index in [4.69, 9.17) is 15.2 Å². The van der Waals surface area contributed by atoms with Crippen LogP contribution >= 0.6 is 0 Å². The van der Waals surface area contributed by atoms with Crippen molar-refractivity contribution in [3.05, 3.63) is 23.8 Å². The molecule has 0 radical (unpaired) electrons. The van der Waals surface area contributed by atoms with Crippen LogP contribution in [0.15, 0.2) is 23.2 Å². The molecule has 1 aromatic rings. The number of amides is 2. The Labute approximate surface area is 98.4 Å². The zero-order chi connectivity index (χ0) is 12.4. The first kappa shape index (κ1) is 11.3. The lowest BCUT2D eigenvalue weighted by Gasteiger charge is -2.14. The smallest absolute Gasteiger partial charge is 0.343 e. The molecule has 0 aromatic heterocycles. The van der Waals surface area contributed by atoms with E-state index in [2.05, 4.69) is 10.3 Å². The summed E-state index contributed by atoms with van der Waals surface area (Å²) in [5, 5.41) is 2.64. The fraction of sp³-hybridized carbons (Fsp3) is 0.273. The molecule has 6 nitrogen and oxygen atoms in total. The summed E-state index contributed by atoms with van der Waals surface area (Å²) in [6, 6.07) is 4.49. The quantitative estimate of drug-likeness (QED) is 0.812. The molecule has 6 heteroatoms. The summed E-state index contributed by atoms with van der Waals surface area (Å²) in [6.07, 6.45) is 0. The van der Waals surface area contributed by atoms with E-state index in [-0.39, 0.29) is 5.84 Å². The Morgan fingerprint density at radius 2 is 2.00 bits per heavy atom. The molecule has 0 aliphatic carbocycles. The third-order valence-electron chi connectivity index (χ3n) is 2.54. The average molecular weight is 235 g/mol. The number of hydrogen-bond donors (Lipinski definition) is 2. The fourth-order valence-corrected chi connectivity index (χ4v) is 1.70. The molecule has 2 rings (SSSR count). The third-order valence-corrected chi connectivity index (χ3v) is 2.54. The van der Waals surface area contributed by atoms with Crippen molar-refractivity contribution in [1.82, 2.24) is 5.32 Å². The van der Waals surface area contributed by atoms with Gasteiger partial charge < -0.3 is 20.5 Å². The molecule has 1 aliphatic rings. The third kappa shape index (κ3) is 2.01. The number of carbonyl (C=O) groups is 1. The number of carbonyl (C=O) groups excluding carboxylic acids is 1. The number of hydrogen-bond acceptors (Lipinski definition) is 4. The van der Waals surface area contributed by atoms with Gasteiger partial charge in [-0.25, -0.2) is 4.79 Å². The molecular formula is C11H13N3O3. The summed E-state index contributed by atoms with van der Waals surface area (Å²) in [6.45, 7) is 0. The second-order valence-corrected chi connectivity index (χ2v) is 3.53. The molecule has 1 aromatic carbocycles. The van der Waals surface area contributed by atoms with E-state index in [1.165, 1.54) is 0 Å². The Bertz CT molecular complexity index is 485. The van der Waals surface area contributed by atoms with Crippen LogP contribution in [0.3, 0.4) is 0 Å². The number of aliphatic imine (C=N–C) groups is 1.